The van der Waals surface area contributed by atoms with Crippen molar-refractivity contribution in [3.05, 3.63) is 30.3 Å². The van der Waals surface area contributed by atoms with Crippen molar-refractivity contribution >= 4 is 10.8 Å². The second kappa shape index (κ2) is 6.10. The largest absolute Gasteiger partial charge is 0.254 e. The lowest BCUT2D eigenvalue weighted by molar-refractivity contribution is 0.167. The molecule has 2 nitrogen and oxygen atoms in total. The topological polar surface area (TPSA) is 40.9 Å². The van der Waals surface area contributed by atoms with Crippen LogP contribution in [0.15, 0.2) is 35.2 Å². The Bertz CT molecular complexity index is 512. The molecular weight excluding hydrogens is 266 g/mol. The molecule has 1 fully saturated rings. The van der Waals surface area contributed by atoms with Gasteiger partial charge in [0.25, 0.3) is 0 Å². The summed E-state index contributed by atoms with van der Waals surface area (Å²) in [5, 5.41) is 9.33. The molecule has 0 N–H and O–H groups in total. The van der Waals surface area contributed by atoms with Crippen molar-refractivity contribution in [2.45, 2.75) is 50.2 Å². The molecule has 1 aromatic rings. The molecule has 3 heteroatoms. The number of nitrogens with zero attached hydrogens (tertiary/aromatic N) is 1. The van der Waals surface area contributed by atoms with Crippen LogP contribution in [0.3, 0.4) is 0 Å². The van der Waals surface area contributed by atoms with Gasteiger partial charge in [0.05, 0.1) is 28.0 Å². The van der Waals surface area contributed by atoms with Crippen LogP contribution in [0.2, 0.25) is 0 Å². The predicted octanol–water partition coefficient (Wildman–Crippen LogP) is 4.15. The highest BCUT2D eigenvalue weighted by Crippen LogP contribution is 2.42. The number of hydrogen-bond donors (Lipinski definition) is 0. The maximum atomic E-state index is 12.8. The van der Waals surface area contributed by atoms with E-state index in [4.69, 9.17) is 0 Å². The van der Waals surface area contributed by atoms with Gasteiger partial charge in [0.2, 0.25) is 0 Å². The van der Waals surface area contributed by atoms with Crippen LogP contribution >= 0.6 is 0 Å². The zero-order valence-electron chi connectivity index (χ0n) is 12.5. The molecule has 4 atom stereocenters. The molecule has 0 radical (unpaired) electrons. The first-order valence-electron chi connectivity index (χ1n) is 7.28. The van der Waals surface area contributed by atoms with Gasteiger partial charge >= 0.3 is 0 Å². The summed E-state index contributed by atoms with van der Waals surface area (Å²) in [7, 11) is -1.08. The van der Waals surface area contributed by atoms with Gasteiger partial charge in [-0.25, -0.2) is 0 Å². The molecule has 1 aromatic carbocycles. The molecule has 0 bridgehead atoms. The number of hydrogen-bond acceptors (Lipinski definition) is 2. The van der Waals surface area contributed by atoms with E-state index in [0.29, 0.717) is 5.92 Å². The molecule has 0 aromatic heterocycles. The predicted molar refractivity (Wildman–Crippen MR) is 82.5 cm³/mol. The lowest BCUT2D eigenvalue weighted by Gasteiger charge is -2.39. The van der Waals surface area contributed by atoms with E-state index in [1.165, 1.54) is 0 Å². The molecule has 1 aliphatic rings. The fourth-order valence-corrected chi connectivity index (χ4v) is 4.71. The minimum atomic E-state index is -1.08. The van der Waals surface area contributed by atoms with Crippen LogP contribution in [0.4, 0.5) is 0 Å². The summed E-state index contributed by atoms with van der Waals surface area (Å²) < 4.78 is 12.8. The Morgan fingerprint density at radius 2 is 1.85 bits per heavy atom. The molecule has 1 saturated carbocycles. The molecular formula is C17H23NOS. The first-order valence-corrected chi connectivity index (χ1v) is 8.50. The normalized spacial score (nSPS) is 28.6. The Balaban J connectivity index is 2.22. The van der Waals surface area contributed by atoms with E-state index in [1.54, 1.807) is 0 Å². The standard InChI is InChI=1S/C17H23NOS/c1-17(2,3)14-10-9-13(12-18)16(11-14)20(19)15-7-5-4-6-8-15/h4-8,13-14,16H,9-11H2,1-3H3. The fraction of sp³-hybridized carbons (Fsp3) is 0.588. The first kappa shape index (κ1) is 15.3. The number of nitriles is 1. The van der Waals surface area contributed by atoms with Crippen molar-refractivity contribution in [3.63, 3.8) is 0 Å². The average molecular weight is 289 g/mol. The molecule has 0 saturated heterocycles. The third kappa shape index (κ3) is 3.30. The average Bonchev–Trinajstić information content (AvgIpc) is 2.45. The number of benzene rings is 1. The Hall–Kier alpha value is -1.14. The van der Waals surface area contributed by atoms with Crippen molar-refractivity contribution in [1.82, 2.24) is 0 Å². The van der Waals surface area contributed by atoms with E-state index < -0.39 is 10.8 Å². The van der Waals surface area contributed by atoms with Crippen molar-refractivity contribution < 1.29 is 4.21 Å². The summed E-state index contributed by atoms with van der Waals surface area (Å²) in [6, 6.07) is 12.0. The SMILES string of the molecule is CC(C)(C)C1CCC(C#N)C(S(=O)c2ccccc2)C1. The molecule has 0 amide bonds. The second-order valence-electron chi connectivity index (χ2n) is 6.76. The molecule has 0 heterocycles. The maximum absolute atomic E-state index is 12.8. The maximum Gasteiger partial charge on any atom is 0.0668 e. The molecule has 1 aliphatic carbocycles. The van der Waals surface area contributed by atoms with Crippen LogP contribution in [0.5, 0.6) is 0 Å². The highest BCUT2D eigenvalue weighted by atomic mass is 32.2. The Morgan fingerprint density at radius 1 is 1.20 bits per heavy atom. The third-order valence-electron chi connectivity index (χ3n) is 4.43. The Labute approximate surface area is 124 Å². The van der Waals surface area contributed by atoms with Gasteiger partial charge in [-0.15, -0.1) is 0 Å². The molecule has 0 spiro atoms. The second-order valence-corrected chi connectivity index (χ2v) is 8.43. The smallest absolute Gasteiger partial charge is 0.0668 e. The third-order valence-corrected chi connectivity index (χ3v) is 6.24. The first-order chi connectivity index (χ1) is 9.43. The van der Waals surface area contributed by atoms with E-state index in [-0.39, 0.29) is 16.6 Å². The molecule has 2 rings (SSSR count). The van der Waals surface area contributed by atoms with Crippen LogP contribution in [0.25, 0.3) is 0 Å². The van der Waals surface area contributed by atoms with E-state index in [0.717, 1.165) is 24.2 Å². The highest BCUT2D eigenvalue weighted by molar-refractivity contribution is 7.85. The summed E-state index contributed by atoms with van der Waals surface area (Å²) in [5.41, 5.74) is 0.222. The Morgan fingerprint density at radius 3 is 2.40 bits per heavy atom. The van der Waals surface area contributed by atoms with Crippen molar-refractivity contribution in [2.24, 2.45) is 17.3 Å². The zero-order valence-corrected chi connectivity index (χ0v) is 13.3. The van der Waals surface area contributed by atoms with Gasteiger partial charge in [0, 0.05) is 4.90 Å². The minimum Gasteiger partial charge on any atom is -0.254 e. The lowest BCUT2D eigenvalue weighted by atomic mass is 9.70. The van der Waals surface area contributed by atoms with Crippen LogP contribution in [-0.2, 0) is 10.8 Å². The van der Waals surface area contributed by atoms with Gasteiger partial charge in [-0.1, -0.05) is 39.0 Å². The van der Waals surface area contributed by atoms with Gasteiger partial charge in [-0.2, -0.15) is 5.26 Å². The quantitative estimate of drug-likeness (QED) is 0.820. The summed E-state index contributed by atoms with van der Waals surface area (Å²) in [5.74, 6) is 0.472. The molecule has 108 valence electrons. The fourth-order valence-electron chi connectivity index (χ4n) is 3.03. The summed E-state index contributed by atoms with van der Waals surface area (Å²) in [6.07, 6.45) is 2.84. The van der Waals surface area contributed by atoms with Crippen LogP contribution in [0, 0.1) is 28.6 Å². The van der Waals surface area contributed by atoms with Crippen LogP contribution in [-0.4, -0.2) is 9.46 Å². The van der Waals surface area contributed by atoms with E-state index in [1.807, 2.05) is 30.3 Å². The van der Waals surface area contributed by atoms with Gasteiger partial charge in [-0.3, -0.25) is 4.21 Å². The van der Waals surface area contributed by atoms with Crippen molar-refractivity contribution in [1.29, 1.82) is 5.26 Å². The van der Waals surface area contributed by atoms with Crippen LogP contribution < -0.4 is 0 Å². The van der Waals surface area contributed by atoms with E-state index in [9.17, 15) is 9.47 Å². The lowest BCUT2D eigenvalue weighted by Crippen LogP contribution is -2.37. The van der Waals surface area contributed by atoms with E-state index >= 15 is 0 Å². The zero-order chi connectivity index (χ0) is 14.8. The molecule has 4 unspecified atom stereocenters. The minimum absolute atomic E-state index is 0.0274. The van der Waals surface area contributed by atoms with Crippen molar-refractivity contribution in [3.8, 4) is 6.07 Å². The van der Waals surface area contributed by atoms with Crippen LogP contribution in [0.1, 0.15) is 40.0 Å². The molecule has 20 heavy (non-hydrogen) atoms. The summed E-state index contributed by atoms with van der Waals surface area (Å²) in [4.78, 5) is 0.854. The Kier molecular flexibility index (Phi) is 4.65. The monoisotopic (exact) mass is 289 g/mol. The van der Waals surface area contributed by atoms with Gasteiger partial charge in [0.15, 0.2) is 0 Å². The van der Waals surface area contributed by atoms with E-state index in [2.05, 4.69) is 26.8 Å². The van der Waals surface area contributed by atoms with Gasteiger partial charge in [-0.05, 0) is 42.7 Å². The van der Waals surface area contributed by atoms with Gasteiger partial charge in [0.1, 0.15) is 0 Å². The number of rotatable bonds is 2. The molecule has 0 aliphatic heterocycles. The van der Waals surface area contributed by atoms with Gasteiger partial charge < -0.3 is 0 Å². The van der Waals surface area contributed by atoms with Crippen molar-refractivity contribution in [2.75, 3.05) is 0 Å². The summed E-state index contributed by atoms with van der Waals surface area (Å²) >= 11 is 0. The highest BCUT2D eigenvalue weighted by Gasteiger charge is 2.39. The summed E-state index contributed by atoms with van der Waals surface area (Å²) in [6.45, 7) is 6.73.